The molecule has 12 nitrogen and oxygen atoms in total. The number of urea groups is 1. The average Bonchev–Trinajstić information content (AvgIpc) is 3.35. The number of piperidine rings is 1. The van der Waals surface area contributed by atoms with Crippen molar-refractivity contribution in [3.05, 3.63) is 12.7 Å². The first-order valence-electron chi connectivity index (χ1n) is 18.5. The Balaban J connectivity index is 1.59. The molecule has 4 rings (SSSR count). The fourth-order valence-electron chi connectivity index (χ4n) is 8.73. The number of terminal acetylenes is 1. The molecule has 4 fully saturated rings. The summed E-state index contributed by atoms with van der Waals surface area (Å²) in [4.78, 5) is 70.0. The van der Waals surface area contributed by atoms with Crippen molar-refractivity contribution < 1.29 is 32.4 Å². The van der Waals surface area contributed by atoms with Crippen molar-refractivity contribution in [2.45, 2.75) is 141 Å². The van der Waals surface area contributed by atoms with E-state index in [2.05, 4.69) is 33.8 Å². The van der Waals surface area contributed by atoms with Crippen LogP contribution in [0.5, 0.6) is 0 Å². The molecule has 0 aromatic carbocycles. The van der Waals surface area contributed by atoms with E-state index in [1.807, 2.05) is 20.8 Å². The smallest absolute Gasteiger partial charge is 0.315 e. The molecular formula is C38H59N5O7S. The van der Waals surface area contributed by atoms with Gasteiger partial charge in [0.25, 0.3) is 5.91 Å². The Bertz CT molecular complexity index is 1520. The highest BCUT2D eigenvalue weighted by Crippen LogP contribution is 2.72. The van der Waals surface area contributed by atoms with Crippen molar-refractivity contribution in [1.82, 2.24) is 26.2 Å². The predicted molar refractivity (Wildman–Crippen MR) is 196 cm³/mol. The van der Waals surface area contributed by atoms with E-state index < -0.39 is 73.2 Å². The Kier molecular flexibility index (Phi) is 12.1. The molecular weight excluding hydrogens is 671 g/mol. The Labute approximate surface area is 304 Å². The van der Waals surface area contributed by atoms with Gasteiger partial charge in [-0.3, -0.25) is 19.2 Å². The molecule has 0 aromatic heterocycles. The number of likely N-dealkylation sites (tertiary alicyclic amines) is 1. The van der Waals surface area contributed by atoms with Crippen LogP contribution in [0.3, 0.4) is 0 Å². The van der Waals surface area contributed by atoms with Gasteiger partial charge in [0, 0.05) is 19.5 Å². The van der Waals surface area contributed by atoms with Crippen molar-refractivity contribution in [1.29, 1.82) is 0 Å². The van der Waals surface area contributed by atoms with Gasteiger partial charge in [-0.15, -0.1) is 18.9 Å². The van der Waals surface area contributed by atoms with Gasteiger partial charge in [0.2, 0.25) is 17.6 Å². The Hall–Kier alpha value is -3.40. The molecule has 0 radical (unpaired) electrons. The summed E-state index contributed by atoms with van der Waals surface area (Å²) >= 11 is 0. The van der Waals surface area contributed by atoms with Crippen molar-refractivity contribution >= 4 is 39.4 Å². The number of amides is 5. The third kappa shape index (κ3) is 8.64. The molecule has 0 bridgehead atoms. The molecule has 1 heterocycles. The van der Waals surface area contributed by atoms with Gasteiger partial charge in [0.15, 0.2) is 9.84 Å². The predicted octanol–water partition coefficient (Wildman–Crippen LogP) is 3.40. The summed E-state index contributed by atoms with van der Waals surface area (Å²) in [5, 5.41) is 11.2. The Morgan fingerprint density at radius 2 is 1.57 bits per heavy atom. The van der Waals surface area contributed by atoms with Crippen LogP contribution in [0.1, 0.15) is 112 Å². The van der Waals surface area contributed by atoms with Crippen LogP contribution < -0.4 is 21.3 Å². The lowest BCUT2D eigenvalue weighted by molar-refractivity contribution is -0.145. The minimum absolute atomic E-state index is 0.0492. The van der Waals surface area contributed by atoms with Crippen LogP contribution >= 0.6 is 0 Å². The highest BCUT2D eigenvalue weighted by molar-refractivity contribution is 7.92. The third-order valence-electron chi connectivity index (χ3n) is 11.7. The Morgan fingerprint density at radius 1 is 0.961 bits per heavy atom. The van der Waals surface area contributed by atoms with Gasteiger partial charge in [0.1, 0.15) is 12.1 Å². The monoisotopic (exact) mass is 729 g/mol. The second-order valence-corrected chi connectivity index (χ2v) is 20.0. The lowest BCUT2D eigenvalue weighted by Gasteiger charge is -2.41. The highest BCUT2D eigenvalue weighted by Gasteiger charge is 2.74. The SMILES string of the molecule is C#CCCC(NC(=O)[C@@H]1C2[C@@H](CN1C(=O)[C@@H](NC(=O)NC1(CS(=O)(=O)C(C)(C)C)CCCCC1)C(C)(C)C)C21CCCC1)C(=O)C(=O)NCC=C. The van der Waals surface area contributed by atoms with E-state index in [1.165, 1.54) is 6.08 Å². The zero-order valence-corrected chi connectivity index (χ0v) is 32.2. The fourth-order valence-corrected chi connectivity index (χ4v) is 10.3. The highest BCUT2D eigenvalue weighted by atomic mass is 32.2. The number of carbonyl (C=O) groups excluding carboxylic acids is 5. The number of ketones is 1. The second kappa shape index (κ2) is 15.3. The lowest BCUT2D eigenvalue weighted by atomic mass is 9.83. The molecule has 13 heteroatoms. The van der Waals surface area contributed by atoms with Crippen LogP contribution in [0, 0.1) is 35.0 Å². The topological polar surface area (TPSA) is 171 Å². The maximum Gasteiger partial charge on any atom is 0.315 e. The number of hydrogen-bond donors (Lipinski definition) is 4. The summed E-state index contributed by atoms with van der Waals surface area (Å²) in [7, 11) is -3.58. The summed E-state index contributed by atoms with van der Waals surface area (Å²) in [5.74, 6) is -0.351. The molecule has 4 aliphatic rings. The first-order chi connectivity index (χ1) is 23.7. The molecule has 5 amide bonds. The zero-order valence-electron chi connectivity index (χ0n) is 31.4. The molecule has 1 spiro atoms. The third-order valence-corrected chi connectivity index (χ3v) is 14.5. The summed E-state index contributed by atoms with van der Waals surface area (Å²) in [6, 6.07) is -3.74. The molecule has 0 aromatic rings. The summed E-state index contributed by atoms with van der Waals surface area (Å²) in [6.07, 6.45) is 14.6. The second-order valence-electron chi connectivity index (χ2n) is 17.3. The first-order valence-corrected chi connectivity index (χ1v) is 20.2. The molecule has 1 saturated heterocycles. The number of hydrogen-bond acceptors (Lipinski definition) is 7. The summed E-state index contributed by atoms with van der Waals surface area (Å²) in [6.45, 7) is 14.4. The van der Waals surface area contributed by atoms with E-state index in [0.29, 0.717) is 19.4 Å². The number of nitrogens with zero attached hydrogens (tertiary/aromatic N) is 1. The maximum atomic E-state index is 14.6. The van der Waals surface area contributed by atoms with Crippen molar-refractivity contribution in [3.8, 4) is 12.3 Å². The number of sulfone groups is 1. The van der Waals surface area contributed by atoms with Crippen LogP contribution in [-0.2, 0) is 29.0 Å². The first kappa shape index (κ1) is 40.4. The summed E-state index contributed by atoms with van der Waals surface area (Å²) in [5.41, 5.74) is -1.80. The number of carbonyl (C=O) groups is 5. The average molecular weight is 730 g/mol. The maximum absolute atomic E-state index is 14.6. The van der Waals surface area contributed by atoms with E-state index in [1.54, 1.807) is 25.7 Å². The van der Waals surface area contributed by atoms with Crippen molar-refractivity contribution in [3.63, 3.8) is 0 Å². The molecule has 4 N–H and O–H groups in total. The van der Waals surface area contributed by atoms with E-state index in [-0.39, 0.29) is 42.4 Å². The van der Waals surface area contributed by atoms with Gasteiger partial charge in [-0.05, 0) is 75.5 Å². The lowest BCUT2D eigenvalue weighted by Crippen LogP contribution is -2.64. The van der Waals surface area contributed by atoms with Crippen LogP contribution in [0.15, 0.2) is 12.7 Å². The molecule has 5 atom stereocenters. The normalized spacial score (nSPS) is 24.7. The minimum atomic E-state index is -3.58. The van der Waals surface area contributed by atoms with Crippen LogP contribution in [0.4, 0.5) is 4.79 Å². The quantitative estimate of drug-likeness (QED) is 0.128. The molecule has 2 unspecified atom stereocenters. The fraction of sp³-hybridized carbons (Fsp3) is 0.763. The number of rotatable bonds is 13. The van der Waals surface area contributed by atoms with Gasteiger partial charge >= 0.3 is 6.03 Å². The molecule has 51 heavy (non-hydrogen) atoms. The van der Waals surface area contributed by atoms with E-state index in [9.17, 15) is 32.4 Å². The zero-order chi connectivity index (χ0) is 38.0. The largest absolute Gasteiger partial charge is 0.346 e. The van der Waals surface area contributed by atoms with Gasteiger partial charge < -0.3 is 26.2 Å². The van der Waals surface area contributed by atoms with Gasteiger partial charge in [0.05, 0.1) is 22.1 Å². The molecule has 284 valence electrons. The standard InChI is InChI=1S/C38H59N5O7S/c1-9-11-17-26(29(44)32(46)39-22-10-2)40-31(45)28-27-25(38(27)20-15-16-21-38)23-43(28)33(47)30(35(3,4)5)41-34(48)42-37(18-13-12-14-19-37)24-51(49,50)36(6,7)8/h1,10,25-28,30H,2,11-24H2,3-8H3,(H,39,46)(H,40,45)(H2,41,42,48)/t25-,26?,27?,28+,30-/m1/s1. The van der Waals surface area contributed by atoms with Gasteiger partial charge in [-0.25, -0.2) is 13.2 Å². The number of Topliss-reactive ketones (excluding diaryl/α,β-unsaturated/α-hetero) is 1. The molecule has 3 saturated carbocycles. The van der Waals surface area contributed by atoms with Crippen molar-refractivity contribution in [2.24, 2.45) is 22.7 Å². The van der Waals surface area contributed by atoms with Gasteiger partial charge in [-0.1, -0.05) is 59.0 Å². The van der Waals surface area contributed by atoms with Gasteiger partial charge in [-0.2, -0.15) is 0 Å². The van der Waals surface area contributed by atoms with Crippen molar-refractivity contribution in [2.75, 3.05) is 18.8 Å². The molecule has 3 aliphatic carbocycles. The Morgan fingerprint density at radius 3 is 2.12 bits per heavy atom. The number of fused-ring (bicyclic) bond motifs is 3. The van der Waals surface area contributed by atoms with E-state index in [4.69, 9.17) is 6.42 Å². The van der Waals surface area contributed by atoms with E-state index >= 15 is 0 Å². The van der Waals surface area contributed by atoms with E-state index in [0.717, 1.165) is 44.9 Å². The number of nitrogens with one attached hydrogen (secondary N) is 4. The summed E-state index contributed by atoms with van der Waals surface area (Å²) < 4.78 is 25.7. The molecule has 1 aliphatic heterocycles. The minimum Gasteiger partial charge on any atom is -0.346 e. The van der Waals surface area contributed by atoms with Crippen LogP contribution in [0.2, 0.25) is 0 Å². The van der Waals surface area contributed by atoms with Crippen LogP contribution in [-0.4, -0.2) is 90.1 Å². The van der Waals surface area contributed by atoms with Crippen LogP contribution in [0.25, 0.3) is 0 Å².